The zero-order valence-electron chi connectivity index (χ0n) is 11.9. The van der Waals surface area contributed by atoms with Gasteiger partial charge in [0.15, 0.2) is 6.04 Å². The van der Waals surface area contributed by atoms with Gasteiger partial charge in [-0.25, -0.2) is 4.79 Å². The number of carbonyl (C=O) groups excluding carboxylic acids is 1. The number of hydrogen-bond acceptors (Lipinski definition) is 4. The molecule has 1 unspecified atom stereocenters. The van der Waals surface area contributed by atoms with Gasteiger partial charge in [0, 0.05) is 12.3 Å². The summed E-state index contributed by atoms with van der Waals surface area (Å²) in [7, 11) is 0. The van der Waals surface area contributed by atoms with Crippen LogP contribution in [-0.2, 0) is 9.53 Å². The zero-order valence-corrected chi connectivity index (χ0v) is 11.9. The maximum absolute atomic E-state index is 12.2. The van der Waals surface area contributed by atoms with Crippen LogP contribution < -0.4 is 0 Å². The van der Waals surface area contributed by atoms with Crippen molar-refractivity contribution >= 4 is 11.7 Å². The number of carbonyl (C=O) groups is 1. The van der Waals surface area contributed by atoms with E-state index < -0.39 is 16.9 Å². The summed E-state index contributed by atoms with van der Waals surface area (Å²) in [5.41, 5.74) is 1.74. The van der Waals surface area contributed by atoms with Crippen LogP contribution in [0.5, 0.6) is 0 Å². The number of ether oxygens (including phenoxy) is 1. The lowest BCUT2D eigenvalue weighted by molar-refractivity contribution is -0.384. The number of aromatic nitrogens is 1. The number of rotatable bonds is 5. The monoisotopic (exact) mass is 288 g/mol. The van der Waals surface area contributed by atoms with Crippen molar-refractivity contribution in [3.63, 3.8) is 0 Å². The van der Waals surface area contributed by atoms with Crippen molar-refractivity contribution in [2.75, 3.05) is 6.61 Å². The molecule has 0 radical (unpaired) electrons. The minimum Gasteiger partial charge on any atom is -0.464 e. The van der Waals surface area contributed by atoms with Crippen LogP contribution in [0, 0.1) is 17.0 Å². The number of nitro groups is 1. The molecule has 0 N–H and O–H groups in total. The van der Waals surface area contributed by atoms with Crippen molar-refractivity contribution in [2.45, 2.75) is 19.9 Å². The second kappa shape index (κ2) is 6.21. The third-order valence-electron chi connectivity index (χ3n) is 3.11. The van der Waals surface area contributed by atoms with Crippen molar-refractivity contribution in [1.29, 1.82) is 0 Å². The van der Waals surface area contributed by atoms with E-state index in [0.717, 1.165) is 11.1 Å². The first-order valence-electron chi connectivity index (χ1n) is 6.58. The normalized spacial score (nSPS) is 11.9. The summed E-state index contributed by atoms with van der Waals surface area (Å²) in [4.78, 5) is 22.5. The smallest absolute Gasteiger partial charge is 0.333 e. The van der Waals surface area contributed by atoms with Crippen LogP contribution >= 0.6 is 0 Å². The summed E-state index contributed by atoms with van der Waals surface area (Å²) < 4.78 is 6.58. The molecule has 0 aliphatic heterocycles. The van der Waals surface area contributed by atoms with E-state index in [9.17, 15) is 14.9 Å². The first-order chi connectivity index (χ1) is 10.0. The molecule has 6 heteroatoms. The summed E-state index contributed by atoms with van der Waals surface area (Å²) >= 11 is 0. The molecule has 0 aliphatic rings. The van der Waals surface area contributed by atoms with E-state index in [-0.39, 0.29) is 12.3 Å². The van der Waals surface area contributed by atoms with Crippen LogP contribution in [0.1, 0.15) is 24.1 Å². The maximum Gasteiger partial charge on any atom is 0.333 e. The van der Waals surface area contributed by atoms with Crippen molar-refractivity contribution in [3.8, 4) is 0 Å². The van der Waals surface area contributed by atoms with E-state index >= 15 is 0 Å². The minimum absolute atomic E-state index is 0.0589. The van der Waals surface area contributed by atoms with Crippen molar-refractivity contribution in [3.05, 3.63) is 64.0 Å². The lowest BCUT2D eigenvalue weighted by Gasteiger charge is -2.17. The van der Waals surface area contributed by atoms with E-state index in [1.165, 1.54) is 23.0 Å². The molecule has 2 aromatic rings. The van der Waals surface area contributed by atoms with Gasteiger partial charge in [-0.3, -0.25) is 10.1 Å². The second-order valence-electron chi connectivity index (χ2n) is 4.64. The van der Waals surface area contributed by atoms with Crippen molar-refractivity contribution in [1.82, 2.24) is 4.57 Å². The minimum atomic E-state index is -0.723. The fourth-order valence-corrected chi connectivity index (χ4v) is 2.07. The number of nitrogens with zero attached hydrogens (tertiary/aromatic N) is 2. The van der Waals surface area contributed by atoms with Gasteiger partial charge in [-0.1, -0.05) is 29.8 Å². The van der Waals surface area contributed by atoms with Crippen LogP contribution in [0.4, 0.5) is 5.69 Å². The second-order valence-corrected chi connectivity index (χ2v) is 4.64. The van der Waals surface area contributed by atoms with E-state index in [0.29, 0.717) is 0 Å². The lowest BCUT2D eigenvalue weighted by Crippen LogP contribution is -2.22. The fourth-order valence-electron chi connectivity index (χ4n) is 2.07. The Morgan fingerprint density at radius 2 is 2.00 bits per heavy atom. The van der Waals surface area contributed by atoms with Gasteiger partial charge < -0.3 is 9.30 Å². The summed E-state index contributed by atoms with van der Waals surface area (Å²) in [5.74, 6) is -0.438. The van der Waals surface area contributed by atoms with Gasteiger partial charge in [-0.05, 0) is 19.4 Å². The first-order valence-corrected chi connectivity index (χ1v) is 6.58. The van der Waals surface area contributed by atoms with Crippen LogP contribution in [0.15, 0.2) is 42.7 Å². The van der Waals surface area contributed by atoms with Gasteiger partial charge in [0.25, 0.3) is 5.69 Å². The van der Waals surface area contributed by atoms with E-state index in [2.05, 4.69) is 0 Å². The maximum atomic E-state index is 12.2. The molecular weight excluding hydrogens is 272 g/mol. The molecular formula is C15H16N2O4. The highest BCUT2D eigenvalue weighted by molar-refractivity contribution is 5.78. The molecule has 1 atom stereocenters. The molecule has 0 aliphatic carbocycles. The van der Waals surface area contributed by atoms with Gasteiger partial charge in [0.05, 0.1) is 17.7 Å². The number of esters is 1. The molecule has 0 saturated heterocycles. The molecule has 110 valence electrons. The van der Waals surface area contributed by atoms with Crippen LogP contribution in [0.2, 0.25) is 0 Å². The van der Waals surface area contributed by atoms with Crippen LogP contribution in [0.25, 0.3) is 0 Å². The number of benzene rings is 1. The van der Waals surface area contributed by atoms with Gasteiger partial charge in [0.2, 0.25) is 0 Å². The SMILES string of the molecule is CCOC(=O)C(c1ccc(C)cc1)n1ccc([N+](=O)[O-])c1. The summed E-state index contributed by atoms with van der Waals surface area (Å²) in [6.07, 6.45) is 2.85. The Kier molecular flexibility index (Phi) is 4.37. The van der Waals surface area contributed by atoms with Gasteiger partial charge in [-0.15, -0.1) is 0 Å². The van der Waals surface area contributed by atoms with Crippen LogP contribution in [0.3, 0.4) is 0 Å². The lowest BCUT2D eigenvalue weighted by atomic mass is 10.1. The molecule has 0 spiro atoms. The Bertz CT molecular complexity index is 646. The highest BCUT2D eigenvalue weighted by atomic mass is 16.6. The predicted octanol–water partition coefficient (Wildman–Crippen LogP) is 2.86. The Balaban J connectivity index is 2.42. The van der Waals surface area contributed by atoms with Crippen molar-refractivity contribution in [2.24, 2.45) is 0 Å². The molecule has 0 fully saturated rings. The quantitative estimate of drug-likeness (QED) is 0.481. The number of aryl methyl sites for hydroxylation is 1. The van der Waals surface area contributed by atoms with E-state index in [4.69, 9.17) is 4.74 Å². The highest BCUT2D eigenvalue weighted by Crippen LogP contribution is 2.24. The Hall–Kier alpha value is -2.63. The number of hydrogen-bond donors (Lipinski definition) is 0. The molecule has 2 rings (SSSR count). The largest absolute Gasteiger partial charge is 0.464 e. The topological polar surface area (TPSA) is 74.4 Å². The highest BCUT2D eigenvalue weighted by Gasteiger charge is 2.25. The molecule has 6 nitrogen and oxygen atoms in total. The molecule has 21 heavy (non-hydrogen) atoms. The molecule has 1 heterocycles. The average molecular weight is 288 g/mol. The van der Waals surface area contributed by atoms with Gasteiger partial charge >= 0.3 is 5.97 Å². The van der Waals surface area contributed by atoms with Gasteiger partial charge in [0.1, 0.15) is 0 Å². The summed E-state index contributed by atoms with van der Waals surface area (Å²) in [6.45, 7) is 3.93. The average Bonchev–Trinajstić information content (AvgIpc) is 2.91. The van der Waals surface area contributed by atoms with E-state index in [1.54, 1.807) is 6.92 Å². The van der Waals surface area contributed by atoms with Crippen molar-refractivity contribution < 1.29 is 14.5 Å². The molecule has 1 aromatic carbocycles. The molecule has 0 bridgehead atoms. The summed E-state index contributed by atoms with van der Waals surface area (Å²) in [6, 6.07) is 8.06. The molecule has 0 amide bonds. The van der Waals surface area contributed by atoms with Crippen LogP contribution in [-0.4, -0.2) is 22.1 Å². The zero-order chi connectivity index (χ0) is 15.4. The summed E-state index contributed by atoms with van der Waals surface area (Å²) in [5, 5.41) is 10.8. The standard InChI is InChI=1S/C15H16N2O4/c1-3-21-15(18)14(12-6-4-11(2)5-7-12)16-9-8-13(10-16)17(19)20/h4-10,14H,3H2,1-2H3. The molecule has 1 aromatic heterocycles. The third kappa shape index (κ3) is 3.28. The van der Waals surface area contributed by atoms with Gasteiger partial charge in [-0.2, -0.15) is 0 Å². The van der Waals surface area contributed by atoms with E-state index in [1.807, 2.05) is 31.2 Å². The predicted molar refractivity (Wildman–Crippen MR) is 77.0 cm³/mol. The Labute approximate surface area is 122 Å². The third-order valence-corrected chi connectivity index (χ3v) is 3.11. The Morgan fingerprint density at radius 3 is 2.52 bits per heavy atom. The fraction of sp³-hybridized carbons (Fsp3) is 0.267. The first kappa shape index (κ1) is 14.8. The molecule has 0 saturated carbocycles. The Morgan fingerprint density at radius 1 is 1.33 bits per heavy atom.